The Balaban J connectivity index is 1.62. The maximum absolute atomic E-state index is 5.02. The predicted molar refractivity (Wildman–Crippen MR) is 143 cm³/mol. The number of fused-ring (bicyclic) bond motifs is 2. The van der Waals surface area contributed by atoms with Gasteiger partial charge in [-0.2, -0.15) is 0 Å². The zero-order valence-corrected chi connectivity index (χ0v) is 20.3. The van der Waals surface area contributed by atoms with Crippen molar-refractivity contribution >= 4 is 27.8 Å². The molecule has 0 aliphatic rings. The molecule has 2 aromatic heterocycles. The summed E-state index contributed by atoms with van der Waals surface area (Å²) in [5.41, 5.74) is 10.8. The van der Waals surface area contributed by atoms with Crippen molar-refractivity contribution in [3.63, 3.8) is 0 Å². The molecule has 34 heavy (non-hydrogen) atoms. The second-order valence-corrected chi connectivity index (χ2v) is 9.01. The van der Waals surface area contributed by atoms with Crippen LogP contribution in [0.15, 0.2) is 66.7 Å². The zero-order valence-electron chi connectivity index (χ0n) is 20.3. The third-order valence-electron chi connectivity index (χ3n) is 6.45. The zero-order chi connectivity index (χ0) is 23.7. The fourth-order valence-corrected chi connectivity index (χ4v) is 4.14. The summed E-state index contributed by atoms with van der Waals surface area (Å²) < 4.78 is 2.12. The van der Waals surface area contributed by atoms with E-state index < -0.39 is 0 Å². The molecule has 0 amide bonds. The van der Waals surface area contributed by atoms with Gasteiger partial charge in [0.05, 0.1) is 22.1 Å². The van der Waals surface area contributed by atoms with Gasteiger partial charge in [-0.15, -0.1) is 0 Å². The second kappa shape index (κ2) is 9.21. The van der Waals surface area contributed by atoms with E-state index in [1.54, 1.807) is 0 Å². The number of imidazole rings is 2. The maximum Gasteiger partial charge on any atom is 0.160 e. The van der Waals surface area contributed by atoms with Crippen molar-refractivity contribution in [3.05, 3.63) is 66.7 Å². The number of aromatic amines is 1. The Hall–Kier alpha value is -3.80. The topological polar surface area (TPSA) is 70.6 Å². The van der Waals surface area contributed by atoms with Crippen molar-refractivity contribution in [2.75, 3.05) is 10.7 Å². The number of nitrogens with zero attached hydrogens (tertiary/aromatic N) is 3. The summed E-state index contributed by atoms with van der Waals surface area (Å²) in [6.07, 6.45) is 2.09. The molecule has 0 radical (unpaired) electrons. The molecular weight excluding hydrogens is 420 g/mol. The van der Waals surface area contributed by atoms with E-state index in [4.69, 9.17) is 9.97 Å². The lowest BCUT2D eigenvalue weighted by Gasteiger charge is -2.18. The molecule has 0 aliphatic heterocycles. The number of para-hydroxylation sites is 2. The minimum Gasteiger partial charge on any atom is -0.383 e. The summed E-state index contributed by atoms with van der Waals surface area (Å²) in [5.74, 6) is 1.73. The third-order valence-corrected chi connectivity index (χ3v) is 6.45. The fourth-order valence-electron chi connectivity index (χ4n) is 4.14. The van der Waals surface area contributed by atoms with Crippen molar-refractivity contribution in [1.29, 1.82) is 0 Å². The Morgan fingerprint density at radius 1 is 0.824 bits per heavy atom. The SMILES string of the molecule is CCC(C)Nc1ccc2[nH]c(-c3ccccc3-c3nc4ccccc4n3NC(C)CC)nc2c1. The van der Waals surface area contributed by atoms with Gasteiger partial charge in [0.25, 0.3) is 0 Å². The molecule has 5 aromatic rings. The highest BCUT2D eigenvalue weighted by atomic mass is 15.4. The number of H-pyrrole nitrogens is 1. The fraction of sp³-hybridized carbons (Fsp3) is 0.286. The highest BCUT2D eigenvalue weighted by molar-refractivity contribution is 5.88. The molecule has 0 bridgehead atoms. The summed E-state index contributed by atoms with van der Waals surface area (Å²) in [6.45, 7) is 8.75. The first kappa shape index (κ1) is 22.0. The summed E-state index contributed by atoms with van der Waals surface area (Å²) in [4.78, 5) is 13.5. The molecule has 6 nitrogen and oxygen atoms in total. The second-order valence-electron chi connectivity index (χ2n) is 9.01. The van der Waals surface area contributed by atoms with Crippen LogP contribution in [0, 0.1) is 0 Å². The number of benzene rings is 3. The smallest absolute Gasteiger partial charge is 0.160 e. The Bertz CT molecular complexity index is 1430. The summed E-state index contributed by atoms with van der Waals surface area (Å²) >= 11 is 0. The van der Waals surface area contributed by atoms with E-state index in [-0.39, 0.29) is 0 Å². The summed E-state index contributed by atoms with van der Waals surface area (Å²) in [7, 11) is 0. The van der Waals surface area contributed by atoms with E-state index in [9.17, 15) is 0 Å². The van der Waals surface area contributed by atoms with Crippen LogP contribution in [0.4, 0.5) is 5.69 Å². The standard InChI is InChI=1S/C28H32N6/c1-5-18(3)29-20-15-16-23-25(17-20)31-27(30-23)21-11-7-8-12-22(21)28-32-24-13-9-10-14-26(24)34(28)33-19(4)6-2/h7-19,29,33H,5-6H2,1-4H3,(H,30,31). The average molecular weight is 453 g/mol. The molecule has 0 saturated carbocycles. The molecule has 2 unspecified atom stereocenters. The molecule has 0 saturated heterocycles. The highest BCUT2D eigenvalue weighted by Crippen LogP contribution is 2.33. The molecule has 3 N–H and O–H groups in total. The third kappa shape index (κ3) is 4.12. The van der Waals surface area contributed by atoms with E-state index in [0.29, 0.717) is 12.1 Å². The van der Waals surface area contributed by atoms with Gasteiger partial charge in [-0.3, -0.25) is 0 Å². The van der Waals surface area contributed by atoms with E-state index in [0.717, 1.165) is 63.4 Å². The number of hydrogen-bond donors (Lipinski definition) is 3. The number of hydrogen-bond acceptors (Lipinski definition) is 4. The van der Waals surface area contributed by atoms with Crippen LogP contribution in [0.25, 0.3) is 44.8 Å². The minimum absolute atomic E-state index is 0.311. The van der Waals surface area contributed by atoms with Crippen molar-refractivity contribution in [2.45, 2.75) is 52.6 Å². The first-order valence-electron chi connectivity index (χ1n) is 12.2. The van der Waals surface area contributed by atoms with Crippen LogP contribution < -0.4 is 10.7 Å². The quantitative estimate of drug-likeness (QED) is 0.242. The monoisotopic (exact) mass is 452 g/mol. The van der Waals surface area contributed by atoms with Crippen LogP contribution >= 0.6 is 0 Å². The van der Waals surface area contributed by atoms with Gasteiger partial charge in [0.15, 0.2) is 5.82 Å². The molecule has 3 aromatic carbocycles. The lowest BCUT2D eigenvalue weighted by Crippen LogP contribution is -2.25. The Labute approximate surface area is 200 Å². The Morgan fingerprint density at radius 3 is 2.35 bits per heavy atom. The molecule has 5 rings (SSSR count). The maximum atomic E-state index is 5.02. The normalized spacial score (nSPS) is 13.3. The van der Waals surface area contributed by atoms with Crippen molar-refractivity contribution in [3.8, 4) is 22.8 Å². The summed E-state index contributed by atoms with van der Waals surface area (Å²) in [6, 6.07) is 23.6. The number of nitrogens with one attached hydrogen (secondary N) is 3. The van der Waals surface area contributed by atoms with Crippen LogP contribution in [0.1, 0.15) is 40.5 Å². The number of aromatic nitrogens is 4. The molecule has 6 heteroatoms. The lowest BCUT2D eigenvalue weighted by molar-refractivity contribution is 0.677. The molecule has 0 aliphatic carbocycles. The molecule has 2 heterocycles. The number of rotatable bonds is 8. The van der Waals surface area contributed by atoms with E-state index in [1.807, 2.05) is 6.07 Å². The van der Waals surface area contributed by atoms with Gasteiger partial charge in [-0.05, 0) is 57.0 Å². The van der Waals surface area contributed by atoms with E-state index in [2.05, 4.69) is 109 Å². The highest BCUT2D eigenvalue weighted by Gasteiger charge is 2.19. The summed E-state index contributed by atoms with van der Waals surface area (Å²) in [5, 5.41) is 3.54. The van der Waals surface area contributed by atoms with Crippen molar-refractivity contribution < 1.29 is 0 Å². The first-order chi connectivity index (χ1) is 16.6. The van der Waals surface area contributed by atoms with E-state index >= 15 is 0 Å². The molecule has 0 spiro atoms. The van der Waals surface area contributed by atoms with Crippen molar-refractivity contribution in [1.82, 2.24) is 19.6 Å². The first-order valence-corrected chi connectivity index (χ1v) is 12.2. The van der Waals surface area contributed by atoms with Gasteiger partial charge in [0.1, 0.15) is 5.82 Å². The van der Waals surface area contributed by atoms with Crippen LogP contribution in [0.3, 0.4) is 0 Å². The molecule has 0 fully saturated rings. The van der Waals surface area contributed by atoms with Gasteiger partial charge >= 0.3 is 0 Å². The van der Waals surface area contributed by atoms with Crippen LogP contribution in [0.2, 0.25) is 0 Å². The van der Waals surface area contributed by atoms with Gasteiger partial charge in [0.2, 0.25) is 0 Å². The van der Waals surface area contributed by atoms with Gasteiger partial charge in [-0.25, -0.2) is 14.6 Å². The van der Waals surface area contributed by atoms with Gasteiger partial charge < -0.3 is 15.7 Å². The van der Waals surface area contributed by atoms with Gasteiger partial charge in [0, 0.05) is 28.9 Å². The molecule has 174 valence electrons. The molecular formula is C28H32N6. The lowest BCUT2D eigenvalue weighted by atomic mass is 10.1. The average Bonchev–Trinajstić information content (AvgIpc) is 3.45. The number of anilines is 1. The van der Waals surface area contributed by atoms with Crippen LogP contribution in [0.5, 0.6) is 0 Å². The predicted octanol–water partition coefficient (Wildman–Crippen LogP) is 6.80. The minimum atomic E-state index is 0.311. The Kier molecular flexibility index (Phi) is 5.97. The molecule has 2 atom stereocenters. The Morgan fingerprint density at radius 2 is 1.56 bits per heavy atom. The largest absolute Gasteiger partial charge is 0.383 e. The van der Waals surface area contributed by atoms with Crippen molar-refractivity contribution in [2.24, 2.45) is 0 Å². The van der Waals surface area contributed by atoms with Gasteiger partial charge in [-0.1, -0.05) is 50.2 Å². The van der Waals surface area contributed by atoms with Crippen LogP contribution in [-0.4, -0.2) is 31.7 Å². The van der Waals surface area contributed by atoms with Crippen LogP contribution in [-0.2, 0) is 0 Å². The van der Waals surface area contributed by atoms with E-state index in [1.165, 1.54) is 0 Å².